The Labute approximate surface area is 85.1 Å². The number of hydrogen-bond donors (Lipinski definition) is 2. The molecule has 2 nitrogen and oxygen atoms in total. The predicted octanol–water partition coefficient (Wildman–Crippen LogP) is 1.62. The summed E-state index contributed by atoms with van der Waals surface area (Å²) in [7, 11) is 0. The van der Waals surface area contributed by atoms with Crippen molar-refractivity contribution in [3.63, 3.8) is 0 Å². The first-order chi connectivity index (χ1) is 5.79. The van der Waals surface area contributed by atoms with Gasteiger partial charge in [0.05, 0.1) is 12.6 Å². The van der Waals surface area contributed by atoms with E-state index in [1.807, 2.05) is 0 Å². The second-order valence-corrected chi connectivity index (χ2v) is 4.28. The molecule has 0 saturated heterocycles. The van der Waals surface area contributed by atoms with Gasteiger partial charge in [0.2, 0.25) is 0 Å². The normalized spacial score (nSPS) is 20.3. The Morgan fingerprint density at radius 2 is 2.42 bits per heavy atom. The summed E-state index contributed by atoms with van der Waals surface area (Å²) >= 11 is 2.30. The molecular weight excluding hydrogens is 265 g/mol. The van der Waals surface area contributed by atoms with Gasteiger partial charge in [0.25, 0.3) is 0 Å². The molecule has 0 saturated carbocycles. The molecule has 0 unspecified atom stereocenters. The summed E-state index contributed by atoms with van der Waals surface area (Å²) in [6.45, 7) is 0.214. The van der Waals surface area contributed by atoms with Crippen molar-refractivity contribution in [2.75, 3.05) is 11.9 Å². The van der Waals surface area contributed by atoms with Crippen LogP contribution in [0.1, 0.15) is 5.56 Å². The average Bonchev–Trinajstić information content (AvgIpc) is 2.46. The maximum atomic E-state index is 8.94. The Morgan fingerprint density at radius 3 is 3.17 bits per heavy atom. The molecule has 1 atom stereocenters. The quantitative estimate of drug-likeness (QED) is 0.763. The minimum atomic E-state index is 0.214. The standard InChI is InChI=1S/C9H10INO/c10-7-1-2-9-6(3-7)4-8(5-12)11-9/h1-3,8,11-12H,4-5H2/t8-/m0/s1. The minimum Gasteiger partial charge on any atom is -0.394 e. The van der Waals surface area contributed by atoms with E-state index >= 15 is 0 Å². The van der Waals surface area contributed by atoms with Crippen molar-refractivity contribution in [2.24, 2.45) is 0 Å². The van der Waals surface area contributed by atoms with Crippen LogP contribution in [0, 0.1) is 3.57 Å². The van der Waals surface area contributed by atoms with E-state index in [2.05, 4.69) is 46.1 Å². The monoisotopic (exact) mass is 275 g/mol. The predicted molar refractivity (Wildman–Crippen MR) is 57.4 cm³/mol. The first kappa shape index (κ1) is 8.31. The molecule has 2 N–H and O–H groups in total. The molecule has 1 heterocycles. The Morgan fingerprint density at radius 1 is 1.58 bits per heavy atom. The zero-order valence-electron chi connectivity index (χ0n) is 6.55. The highest BCUT2D eigenvalue weighted by atomic mass is 127. The number of halogens is 1. The molecule has 1 aliphatic rings. The molecule has 1 aromatic rings. The van der Waals surface area contributed by atoms with Gasteiger partial charge >= 0.3 is 0 Å². The molecule has 2 rings (SSSR count). The van der Waals surface area contributed by atoms with E-state index < -0.39 is 0 Å². The highest BCUT2D eigenvalue weighted by molar-refractivity contribution is 14.1. The molecule has 0 aromatic heterocycles. The number of hydrogen-bond acceptors (Lipinski definition) is 2. The van der Waals surface area contributed by atoms with Gasteiger partial charge in [-0.15, -0.1) is 0 Å². The molecule has 0 amide bonds. The number of nitrogens with one attached hydrogen (secondary N) is 1. The van der Waals surface area contributed by atoms with Crippen LogP contribution in [0.15, 0.2) is 18.2 Å². The van der Waals surface area contributed by atoms with Crippen LogP contribution in [0.2, 0.25) is 0 Å². The van der Waals surface area contributed by atoms with E-state index in [-0.39, 0.29) is 12.6 Å². The zero-order chi connectivity index (χ0) is 8.55. The minimum absolute atomic E-state index is 0.214. The Bertz CT molecular complexity index is 301. The van der Waals surface area contributed by atoms with Gasteiger partial charge in [-0.05, 0) is 52.8 Å². The number of anilines is 1. The summed E-state index contributed by atoms with van der Waals surface area (Å²) in [6, 6.07) is 6.54. The first-order valence-electron chi connectivity index (χ1n) is 3.95. The van der Waals surface area contributed by atoms with Crippen LogP contribution < -0.4 is 5.32 Å². The molecule has 1 aromatic carbocycles. The molecule has 3 heteroatoms. The van der Waals surface area contributed by atoms with Gasteiger partial charge in [0.1, 0.15) is 0 Å². The molecule has 12 heavy (non-hydrogen) atoms. The lowest BCUT2D eigenvalue weighted by atomic mass is 10.1. The van der Waals surface area contributed by atoms with Crippen molar-refractivity contribution in [3.8, 4) is 0 Å². The number of aliphatic hydroxyl groups is 1. The summed E-state index contributed by atoms with van der Waals surface area (Å²) in [6.07, 6.45) is 0.947. The summed E-state index contributed by atoms with van der Waals surface area (Å²) in [5, 5.41) is 12.2. The molecule has 0 fully saturated rings. The van der Waals surface area contributed by atoms with Crippen LogP contribution in [-0.2, 0) is 6.42 Å². The fraction of sp³-hybridized carbons (Fsp3) is 0.333. The van der Waals surface area contributed by atoms with Gasteiger partial charge < -0.3 is 10.4 Å². The van der Waals surface area contributed by atoms with E-state index in [0.29, 0.717) is 0 Å². The Hall–Kier alpha value is -0.290. The van der Waals surface area contributed by atoms with Crippen LogP contribution in [0.3, 0.4) is 0 Å². The zero-order valence-corrected chi connectivity index (χ0v) is 8.71. The number of aliphatic hydroxyl groups excluding tert-OH is 1. The van der Waals surface area contributed by atoms with Gasteiger partial charge in [-0.3, -0.25) is 0 Å². The van der Waals surface area contributed by atoms with Gasteiger partial charge in [-0.1, -0.05) is 0 Å². The van der Waals surface area contributed by atoms with E-state index in [0.717, 1.165) is 6.42 Å². The van der Waals surface area contributed by atoms with Crippen molar-refractivity contribution in [1.82, 2.24) is 0 Å². The fourth-order valence-corrected chi connectivity index (χ4v) is 2.07. The van der Waals surface area contributed by atoms with Crippen LogP contribution >= 0.6 is 22.6 Å². The highest BCUT2D eigenvalue weighted by Crippen LogP contribution is 2.26. The lowest BCUT2D eigenvalue weighted by Crippen LogP contribution is -2.19. The molecule has 0 radical (unpaired) electrons. The number of fused-ring (bicyclic) bond motifs is 1. The third kappa shape index (κ3) is 1.43. The van der Waals surface area contributed by atoms with Gasteiger partial charge in [0.15, 0.2) is 0 Å². The Balaban J connectivity index is 2.30. The largest absolute Gasteiger partial charge is 0.394 e. The van der Waals surface area contributed by atoms with E-state index in [4.69, 9.17) is 5.11 Å². The van der Waals surface area contributed by atoms with Crippen molar-refractivity contribution in [3.05, 3.63) is 27.3 Å². The molecular formula is C9H10INO. The molecule has 1 aliphatic heterocycles. The average molecular weight is 275 g/mol. The number of benzene rings is 1. The summed E-state index contributed by atoms with van der Waals surface area (Å²) in [5.41, 5.74) is 2.50. The SMILES string of the molecule is OC[C@@H]1Cc2cc(I)ccc2N1. The maximum Gasteiger partial charge on any atom is 0.0636 e. The van der Waals surface area contributed by atoms with Crippen molar-refractivity contribution in [2.45, 2.75) is 12.5 Å². The van der Waals surface area contributed by atoms with Crippen LogP contribution in [-0.4, -0.2) is 17.8 Å². The number of rotatable bonds is 1. The lowest BCUT2D eigenvalue weighted by Gasteiger charge is -2.04. The van der Waals surface area contributed by atoms with E-state index in [1.54, 1.807) is 0 Å². The highest BCUT2D eigenvalue weighted by Gasteiger charge is 2.18. The second kappa shape index (κ2) is 3.22. The molecule has 0 spiro atoms. The lowest BCUT2D eigenvalue weighted by molar-refractivity contribution is 0.277. The summed E-state index contributed by atoms with van der Waals surface area (Å²) in [5.74, 6) is 0. The molecule has 64 valence electrons. The fourth-order valence-electron chi connectivity index (χ4n) is 1.52. The van der Waals surface area contributed by atoms with Crippen molar-refractivity contribution in [1.29, 1.82) is 0 Å². The Kier molecular flexibility index (Phi) is 2.23. The van der Waals surface area contributed by atoms with E-state index in [1.165, 1.54) is 14.8 Å². The second-order valence-electron chi connectivity index (χ2n) is 3.03. The topological polar surface area (TPSA) is 32.3 Å². The van der Waals surface area contributed by atoms with Gasteiger partial charge in [0, 0.05) is 9.26 Å². The van der Waals surface area contributed by atoms with E-state index in [9.17, 15) is 0 Å². The summed E-state index contributed by atoms with van der Waals surface area (Å²) in [4.78, 5) is 0. The molecule has 0 aliphatic carbocycles. The van der Waals surface area contributed by atoms with Crippen molar-refractivity contribution < 1.29 is 5.11 Å². The van der Waals surface area contributed by atoms with Crippen LogP contribution in [0.25, 0.3) is 0 Å². The molecule has 0 bridgehead atoms. The van der Waals surface area contributed by atoms with Gasteiger partial charge in [-0.2, -0.15) is 0 Å². The van der Waals surface area contributed by atoms with Crippen LogP contribution in [0.5, 0.6) is 0 Å². The van der Waals surface area contributed by atoms with Gasteiger partial charge in [-0.25, -0.2) is 0 Å². The third-order valence-electron chi connectivity index (χ3n) is 2.11. The first-order valence-corrected chi connectivity index (χ1v) is 5.03. The third-order valence-corrected chi connectivity index (χ3v) is 2.78. The smallest absolute Gasteiger partial charge is 0.0636 e. The summed E-state index contributed by atoms with van der Waals surface area (Å²) < 4.78 is 1.26. The van der Waals surface area contributed by atoms with Crippen molar-refractivity contribution >= 4 is 28.3 Å². The van der Waals surface area contributed by atoms with Crippen LogP contribution in [0.4, 0.5) is 5.69 Å². The maximum absolute atomic E-state index is 8.94.